The molecule has 2 rings (SSSR count). The summed E-state index contributed by atoms with van der Waals surface area (Å²) in [6, 6.07) is 7.67. The second-order valence-electron chi connectivity index (χ2n) is 4.08. The van der Waals surface area contributed by atoms with Crippen molar-refractivity contribution in [3.63, 3.8) is 0 Å². The van der Waals surface area contributed by atoms with Gasteiger partial charge >= 0.3 is 0 Å². The molecule has 0 spiro atoms. The van der Waals surface area contributed by atoms with E-state index < -0.39 is 5.82 Å². The van der Waals surface area contributed by atoms with E-state index in [1.54, 1.807) is 13.1 Å². The second kappa shape index (κ2) is 5.97. The number of benzene rings is 1. The smallest absolute Gasteiger partial charge is 0.136 e. The third-order valence-corrected chi connectivity index (χ3v) is 2.71. The molecule has 0 saturated heterocycles. The predicted octanol–water partition coefficient (Wildman–Crippen LogP) is 2.84. The van der Waals surface area contributed by atoms with Gasteiger partial charge in [-0.05, 0) is 18.2 Å². The fourth-order valence-electron chi connectivity index (χ4n) is 1.70. The maximum absolute atomic E-state index is 13.1. The first kappa shape index (κ1) is 13.7. The zero-order valence-corrected chi connectivity index (χ0v) is 11.2. The summed E-state index contributed by atoms with van der Waals surface area (Å²) in [5.74, 6) is 1.48. The molecule has 6 heteroatoms. The lowest BCUT2D eigenvalue weighted by Crippen LogP contribution is -2.04. The van der Waals surface area contributed by atoms with Gasteiger partial charge in [0.2, 0.25) is 0 Å². The first-order valence-corrected chi connectivity index (χ1v) is 6.18. The van der Waals surface area contributed by atoms with Crippen molar-refractivity contribution in [2.75, 3.05) is 17.7 Å². The lowest BCUT2D eigenvalue weighted by atomic mass is 10.2. The Bertz CT molecular complexity index is 641. The topological polar surface area (TPSA) is 73.6 Å². The minimum absolute atomic E-state index is 0.229. The quantitative estimate of drug-likeness (QED) is 0.894. The zero-order chi connectivity index (χ0) is 14.5. The van der Waals surface area contributed by atoms with E-state index in [-0.39, 0.29) is 5.56 Å². The summed E-state index contributed by atoms with van der Waals surface area (Å²) in [7, 11) is 1.77. The van der Waals surface area contributed by atoms with Crippen molar-refractivity contribution in [3.8, 4) is 6.07 Å². The molecule has 20 heavy (non-hydrogen) atoms. The van der Waals surface area contributed by atoms with E-state index in [1.165, 1.54) is 18.2 Å². The van der Waals surface area contributed by atoms with Crippen LogP contribution in [0.5, 0.6) is 0 Å². The van der Waals surface area contributed by atoms with Crippen LogP contribution in [-0.4, -0.2) is 17.0 Å². The minimum atomic E-state index is -0.444. The number of aromatic nitrogens is 2. The van der Waals surface area contributed by atoms with Crippen molar-refractivity contribution >= 4 is 17.3 Å². The maximum atomic E-state index is 13.1. The van der Waals surface area contributed by atoms with Crippen LogP contribution >= 0.6 is 0 Å². The molecule has 0 aliphatic carbocycles. The summed E-state index contributed by atoms with van der Waals surface area (Å²) in [6.07, 6.45) is 0.693. The Hall–Kier alpha value is -2.68. The fourth-order valence-corrected chi connectivity index (χ4v) is 1.70. The number of nitrogens with zero attached hydrogens (tertiary/aromatic N) is 3. The van der Waals surface area contributed by atoms with Crippen LogP contribution in [0.15, 0.2) is 24.3 Å². The lowest BCUT2D eigenvalue weighted by Gasteiger charge is -2.10. The van der Waals surface area contributed by atoms with Crippen LogP contribution in [-0.2, 0) is 6.42 Å². The van der Waals surface area contributed by atoms with E-state index in [9.17, 15) is 4.39 Å². The number of nitrogens with one attached hydrogen (secondary N) is 2. The first-order chi connectivity index (χ1) is 9.66. The van der Waals surface area contributed by atoms with Crippen molar-refractivity contribution in [1.29, 1.82) is 5.26 Å². The van der Waals surface area contributed by atoms with Crippen molar-refractivity contribution in [1.82, 2.24) is 9.97 Å². The van der Waals surface area contributed by atoms with Gasteiger partial charge in [0.05, 0.1) is 11.3 Å². The highest BCUT2D eigenvalue weighted by molar-refractivity contribution is 5.65. The van der Waals surface area contributed by atoms with E-state index in [0.29, 0.717) is 29.6 Å². The van der Waals surface area contributed by atoms with E-state index in [2.05, 4.69) is 20.6 Å². The summed E-state index contributed by atoms with van der Waals surface area (Å²) in [4.78, 5) is 8.61. The third-order valence-electron chi connectivity index (χ3n) is 2.71. The molecule has 2 N–H and O–H groups in total. The van der Waals surface area contributed by atoms with Crippen molar-refractivity contribution in [3.05, 3.63) is 41.5 Å². The molecule has 1 aromatic heterocycles. The van der Waals surface area contributed by atoms with Crippen molar-refractivity contribution < 1.29 is 4.39 Å². The Morgan fingerprint density at radius 3 is 2.65 bits per heavy atom. The molecular weight excluding hydrogens is 257 g/mol. The van der Waals surface area contributed by atoms with Gasteiger partial charge in [0.25, 0.3) is 0 Å². The maximum Gasteiger partial charge on any atom is 0.136 e. The van der Waals surface area contributed by atoms with Gasteiger partial charge in [-0.25, -0.2) is 14.4 Å². The van der Waals surface area contributed by atoms with Crippen LogP contribution in [0.2, 0.25) is 0 Å². The molecule has 0 amide bonds. The zero-order valence-electron chi connectivity index (χ0n) is 11.2. The predicted molar refractivity (Wildman–Crippen MR) is 75.4 cm³/mol. The number of rotatable bonds is 4. The van der Waals surface area contributed by atoms with Crippen LogP contribution in [0.1, 0.15) is 18.3 Å². The SMILES string of the molecule is CCc1nc(NC)cc(Nc2ccc(F)cc2C#N)n1. The molecular formula is C14H14FN5. The Labute approximate surface area is 116 Å². The number of aryl methyl sites for hydroxylation is 1. The van der Waals surface area contributed by atoms with E-state index in [0.717, 1.165) is 0 Å². The Balaban J connectivity index is 2.37. The van der Waals surface area contributed by atoms with Gasteiger partial charge in [-0.15, -0.1) is 0 Å². The summed E-state index contributed by atoms with van der Waals surface area (Å²) < 4.78 is 13.1. The largest absolute Gasteiger partial charge is 0.373 e. The minimum Gasteiger partial charge on any atom is -0.373 e. The average molecular weight is 271 g/mol. The molecule has 0 atom stereocenters. The van der Waals surface area contributed by atoms with Crippen LogP contribution in [0, 0.1) is 17.1 Å². The number of hydrogen-bond donors (Lipinski definition) is 2. The van der Waals surface area contributed by atoms with E-state index >= 15 is 0 Å². The fraction of sp³-hybridized carbons (Fsp3) is 0.214. The number of anilines is 3. The lowest BCUT2D eigenvalue weighted by molar-refractivity contribution is 0.627. The molecule has 5 nitrogen and oxygen atoms in total. The van der Waals surface area contributed by atoms with Crippen LogP contribution in [0.3, 0.4) is 0 Å². The highest BCUT2D eigenvalue weighted by Gasteiger charge is 2.07. The van der Waals surface area contributed by atoms with Crippen LogP contribution in [0.4, 0.5) is 21.7 Å². The summed E-state index contributed by atoms with van der Waals surface area (Å²) in [5.41, 5.74) is 0.740. The van der Waals surface area contributed by atoms with Gasteiger partial charge in [-0.3, -0.25) is 0 Å². The van der Waals surface area contributed by atoms with Gasteiger partial charge in [0.15, 0.2) is 0 Å². The Morgan fingerprint density at radius 1 is 1.25 bits per heavy atom. The standard InChI is InChI=1S/C14H14FN5/c1-3-12-19-13(17-2)7-14(20-12)18-11-5-4-10(15)6-9(11)8-16/h4-7H,3H2,1-2H3,(H2,17,18,19,20). The highest BCUT2D eigenvalue weighted by atomic mass is 19.1. The van der Waals surface area contributed by atoms with Gasteiger partial charge in [0, 0.05) is 19.5 Å². The molecule has 0 saturated carbocycles. The van der Waals surface area contributed by atoms with Crippen LogP contribution in [0.25, 0.3) is 0 Å². The molecule has 0 fully saturated rings. The molecule has 0 unspecified atom stereocenters. The van der Waals surface area contributed by atoms with Gasteiger partial charge in [-0.1, -0.05) is 6.92 Å². The molecule has 2 aromatic rings. The molecule has 0 aliphatic rings. The molecule has 1 aromatic carbocycles. The monoisotopic (exact) mass is 271 g/mol. The Kier molecular flexibility index (Phi) is 4.11. The van der Waals surface area contributed by atoms with Crippen LogP contribution < -0.4 is 10.6 Å². The normalized spacial score (nSPS) is 9.90. The number of nitriles is 1. The summed E-state index contributed by atoms with van der Waals surface area (Å²) in [6.45, 7) is 1.96. The molecule has 0 bridgehead atoms. The van der Waals surface area contributed by atoms with E-state index in [4.69, 9.17) is 5.26 Å². The molecule has 0 aliphatic heterocycles. The summed E-state index contributed by atoms with van der Waals surface area (Å²) >= 11 is 0. The first-order valence-electron chi connectivity index (χ1n) is 6.18. The average Bonchev–Trinajstić information content (AvgIpc) is 2.48. The van der Waals surface area contributed by atoms with Crippen molar-refractivity contribution in [2.45, 2.75) is 13.3 Å². The highest BCUT2D eigenvalue weighted by Crippen LogP contribution is 2.21. The molecule has 1 heterocycles. The Morgan fingerprint density at radius 2 is 2.00 bits per heavy atom. The summed E-state index contributed by atoms with van der Waals surface area (Å²) in [5, 5.41) is 15.0. The molecule has 0 radical (unpaired) electrons. The van der Waals surface area contributed by atoms with Crippen molar-refractivity contribution in [2.24, 2.45) is 0 Å². The van der Waals surface area contributed by atoms with Gasteiger partial charge < -0.3 is 10.6 Å². The molecule has 102 valence electrons. The van der Waals surface area contributed by atoms with Gasteiger partial charge in [0.1, 0.15) is 29.3 Å². The number of hydrogen-bond acceptors (Lipinski definition) is 5. The number of halogens is 1. The second-order valence-corrected chi connectivity index (χ2v) is 4.08. The third kappa shape index (κ3) is 3.01. The van der Waals surface area contributed by atoms with E-state index in [1.807, 2.05) is 13.0 Å². The van der Waals surface area contributed by atoms with Gasteiger partial charge in [-0.2, -0.15) is 5.26 Å².